The fourth-order valence-corrected chi connectivity index (χ4v) is 5.31. The van der Waals surface area contributed by atoms with Crippen molar-refractivity contribution in [1.29, 1.82) is 0 Å². The van der Waals surface area contributed by atoms with Gasteiger partial charge in [0.25, 0.3) is 0 Å². The third-order valence-electron chi connectivity index (χ3n) is 6.03. The summed E-state index contributed by atoms with van der Waals surface area (Å²) in [7, 11) is 0. The number of likely N-dealkylation sites (tertiary alicyclic amines) is 1. The van der Waals surface area contributed by atoms with Gasteiger partial charge in [-0.2, -0.15) is 0 Å². The normalized spacial score (nSPS) is 14.1. The summed E-state index contributed by atoms with van der Waals surface area (Å²) in [4.78, 5) is 15.5. The van der Waals surface area contributed by atoms with Gasteiger partial charge in [0.2, 0.25) is 0 Å². The minimum Gasteiger partial charge on any atom is -0.361 e. The second kappa shape index (κ2) is 10.0. The molecule has 0 bridgehead atoms. The molecule has 0 saturated carbocycles. The van der Waals surface area contributed by atoms with Crippen LogP contribution in [0.15, 0.2) is 71.3 Å². The molecule has 0 radical (unpaired) electrons. The first-order valence-electron chi connectivity index (χ1n) is 11.3. The highest BCUT2D eigenvalue weighted by Crippen LogP contribution is 2.28. The number of aromatic nitrogens is 1. The fraction of sp³-hybridized carbons (Fsp3) is 0.259. The molecular formula is C27H25ClN2O2S. The van der Waals surface area contributed by atoms with E-state index in [9.17, 15) is 4.79 Å². The van der Waals surface area contributed by atoms with E-state index in [1.54, 1.807) is 12.1 Å². The zero-order valence-corrected chi connectivity index (χ0v) is 19.9. The van der Waals surface area contributed by atoms with E-state index >= 15 is 0 Å². The molecule has 4 nitrogen and oxygen atoms in total. The van der Waals surface area contributed by atoms with Gasteiger partial charge in [-0.3, -0.25) is 9.69 Å². The van der Waals surface area contributed by atoms with Crippen molar-refractivity contribution in [3.63, 3.8) is 0 Å². The van der Waals surface area contributed by atoms with Gasteiger partial charge < -0.3 is 4.52 Å². The van der Waals surface area contributed by atoms with Gasteiger partial charge in [-0.1, -0.05) is 53.2 Å². The number of benzene rings is 2. The number of rotatable bonds is 8. The van der Waals surface area contributed by atoms with Crippen molar-refractivity contribution in [3.8, 4) is 22.4 Å². The molecule has 6 heteroatoms. The lowest BCUT2D eigenvalue weighted by Gasteiger charge is -2.15. The average Bonchev–Trinajstić information content (AvgIpc) is 3.60. The SMILES string of the molecule is O=C(CCc1cc(-c2cccc(-c3cccc(CN4CCCC4)c3)c2)no1)c1ccc(Cl)s1. The van der Waals surface area contributed by atoms with Crippen LogP contribution in [-0.2, 0) is 13.0 Å². The predicted molar refractivity (Wildman–Crippen MR) is 134 cm³/mol. The smallest absolute Gasteiger partial charge is 0.173 e. The van der Waals surface area contributed by atoms with Crippen LogP contribution in [-0.4, -0.2) is 28.9 Å². The number of carbonyl (C=O) groups is 1. The molecule has 1 aliphatic rings. The van der Waals surface area contributed by atoms with E-state index in [4.69, 9.17) is 16.1 Å². The number of nitrogens with zero attached hydrogens (tertiary/aromatic N) is 2. The van der Waals surface area contributed by atoms with Gasteiger partial charge in [0, 0.05) is 31.0 Å². The highest BCUT2D eigenvalue weighted by Gasteiger charge is 2.14. The van der Waals surface area contributed by atoms with E-state index in [2.05, 4.69) is 52.5 Å². The van der Waals surface area contributed by atoms with Crippen LogP contribution in [0.2, 0.25) is 4.34 Å². The molecule has 1 aliphatic heterocycles. The molecule has 3 heterocycles. The van der Waals surface area contributed by atoms with Crippen LogP contribution >= 0.6 is 22.9 Å². The summed E-state index contributed by atoms with van der Waals surface area (Å²) >= 11 is 7.24. The third-order valence-corrected chi connectivity index (χ3v) is 7.30. The molecule has 0 atom stereocenters. The minimum absolute atomic E-state index is 0.0701. The molecule has 0 aliphatic carbocycles. The predicted octanol–water partition coefficient (Wildman–Crippen LogP) is 7.13. The Balaban J connectivity index is 1.28. The van der Waals surface area contributed by atoms with Crippen molar-refractivity contribution in [2.45, 2.75) is 32.2 Å². The molecule has 1 fully saturated rings. The van der Waals surface area contributed by atoms with Crippen molar-refractivity contribution in [2.24, 2.45) is 0 Å². The Labute approximate surface area is 202 Å². The summed E-state index contributed by atoms with van der Waals surface area (Å²) in [5, 5.41) is 4.25. The van der Waals surface area contributed by atoms with Gasteiger partial charge >= 0.3 is 0 Å². The summed E-state index contributed by atoms with van der Waals surface area (Å²) in [6.45, 7) is 3.40. The Kier molecular flexibility index (Phi) is 6.72. The van der Waals surface area contributed by atoms with Crippen LogP contribution < -0.4 is 0 Å². The van der Waals surface area contributed by atoms with Crippen LogP contribution in [0.5, 0.6) is 0 Å². The number of halogens is 1. The lowest BCUT2D eigenvalue weighted by atomic mass is 9.99. The van der Waals surface area contributed by atoms with Crippen molar-refractivity contribution < 1.29 is 9.32 Å². The molecule has 2 aromatic heterocycles. The van der Waals surface area contributed by atoms with E-state index in [1.807, 2.05) is 12.1 Å². The van der Waals surface area contributed by atoms with E-state index in [0.717, 1.165) is 23.4 Å². The minimum atomic E-state index is 0.0701. The Morgan fingerprint density at radius 3 is 2.52 bits per heavy atom. The number of thiophene rings is 1. The highest BCUT2D eigenvalue weighted by atomic mass is 35.5. The summed E-state index contributed by atoms with van der Waals surface area (Å²) in [6, 6.07) is 22.6. The lowest BCUT2D eigenvalue weighted by Crippen LogP contribution is -2.18. The maximum atomic E-state index is 12.3. The maximum Gasteiger partial charge on any atom is 0.173 e. The molecule has 1 saturated heterocycles. The molecule has 0 N–H and O–H groups in total. The number of ketones is 1. The van der Waals surface area contributed by atoms with Gasteiger partial charge in [-0.15, -0.1) is 11.3 Å². The van der Waals surface area contributed by atoms with Gasteiger partial charge in [0.15, 0.2) is 5.78 Å². The van der Waals surface area contributed by atoms with Gasteiger partial charge in [0.05, 0.1) is 9.21 Å². The Bertz CT molecular complexity index is 1260. The molecular weight excluding hydrogens is 452 g/mol. The summed E-state index contributed by atoms with van der Waals surface area (Å²) < 4.78 is 6.15. The Morgan fingerprint density at radius 1 is 0.970 bits per heavy atom. The van der Waals surface area contributed by atoms with Crippen molar-refractivity contribution in [3.05, 3.63) is 87.3 Å². The topological polar surface area (TPSA) is 46.3 Å². The van der Waals surface area contributed by atoms with Crippen molar-refractivity contribution in [1.82, 2.24) is 10.1 Å². The standard InChI is InChI=1S/C27H25ClN2O2S/c28-27-12-11-26(33-27)25(31)10-9-23-17-24(29-32-23)22-8-4-7-21(16-22)20-6-3-5-19(15-20)18-30-13-1-2-14-30/h3-8,11-12,15-17H,1-2,9-10,13-14,18H2. The van der Waals surface area contributed by atoms with Crippen LogP contribution in [0.3, 0.4) is 0 Å². The zero-order valence-electron chi connectivity index (χ0n) is 18.3. The van der Waals surface area contributed by atoms with E-state index in [-0.39, 0.29) is 5.78 Å². The first kappa shape index (κ1) is 22.1. The van der Waals surface area contributed by atoms with E-state index in [1.165, 1.54) is 48.4 Å². The Hall–Kier alpha value is -2.73. The fourth-order valence-electron chi connectivity index (χ4n) is 4.30. The molecule has 2 aromatic carbocycles. The monoisotopic (exact) mass is 476 g/mol. The summed E-state index contributed by atoms with van der Waals surface area (Å²) in [5.41, 5.74) is 5.50. The third kappa shape index (κ3) is 5.44. The number of carbonyl (C=O) groups excluding carboxylic acids is 1. The van der Waals surface area contributed by atoms with E-state index in [0.29, 0.717) is 27.8 Å². The number of hydrogen-bond donors (Lipinski definition) is 0. The quantitative estimate of drug-likeness (QED) is 0.254. The summed E-state index contributed by atoms with van der Waals surface area (Å²) in [6.07, 6.45) is 3.49. The maximum absolute atomic E-state index is 12.3. The molecule has 4 aromatic rings. The zero-order chi connectivity index (χ0) is 22.6. The molecule has 0 spiro atoms. The van der Waals surface area contributed by atoms with Crippen molar-refractivity contribution in [2.75, 3.05) is 13.1 Å². The second-order valence-electron chi connectivity index (χ2n) is 8.47. The van der Waals surface area contributed by atoms with Crippen molar-refractivity contribution >= 4 is 28.7 Å². The van der Waals surface area contributed by atoms with E-state index < -0.39 is 0 Å². The lowest BCUT2D eigenvalue weighted by molar-refractivity contribution is 0.0984. The molecule has 168 valence electrons. The first-order valence-corrected chi connectivity index (χ1v) is 12.5. The van der Waals surface area contributed by atoms with Crippen LogP contribution in [0, 0.1) is 0 Å². The van der Waals surface area contributed by atoms with Crippen LogP contribution in [0.25, 0.3) is 22.4 Å². The summed E-state index contributed by atoms with van der Waals surface area (Å²) in [5.74, 6) is 0.777. The molecule has 0 unspecified atom stereocenters. The van der Waals surface area contributed by atoms with Gasteiger partial charge in [-0.25, -0.2) is 0 Å². The number of aryl methyl sites for hydroxylation is 1. The van der Waals surface area contributed by atoms with Crippen LogP contribution in [0.4, 0.5) is 0 Å². The highest BCUT2D eigenvalue weighted by molar-refractivity contribution is 7.18. The van der Waals surface area contributed by atoms with Gasteiger partial charge in [-0.05, 0) is 66.9 Å². The van der Waals surface area contributed by atoms with Gasteiger partial charge in [0.1, 0.15) is 11.5 Å². The second-order valence-corrected chi connectivity index (χ2v) is 10.2. The average molecular weight is 477 g/mol. The van der Waals surface area contributed by atoms with Crippen LogP contribution in [0.1, 0.15) is 40.3 Å². The first-order chi connectivity index (χ1) is 16.1. The molecule has 0 amide bonds. The Morgan fingerprint density at radius 2 is 1.73 bits per heavy atom. The number of Topliss-reactive ketones (excluding diaryl/α,β-unsaturated/α-hetero) is 1. The number of hydrogen-bond acceptors (Lipinski definition) is 5. The largest absolute Gasteiger partial charge is 0.361 e. The molecule has 33 heavy (non-hydrogen) atoms. The molecule has 5 rings (SSSR count).